The summed E-state index contributed by atoms with van der Waals surface area (Å²) in [5, 5.41) is 19.8. The zero-order valence-electron chi connectivity index (χ0n) is 20.0. The van der Waals surface area contributed by atoms with Gasteiger partial charge in [0.15, 0.2) is 0 Å². The van der Waals surface area contributed by atoms with Gasteiger partial charge in [-0.1, -0.05) is 24.3 Å². The quantitative estimate of drug-likeness (QED) is 0.296. The standard InChI is InChI=1S/C25H27N7O4/c1-35-25(34)22-14-31(23(26)13-17-2-5-20(6-3-17)32-16-27-28-29-32)11-10-30(22)9-8-18-4-7-21-19(12-18)15-36-24(21)33/h2-7,12,16,22,26H,8-11,13-15H2,1H3. The number of hydrogen-bond acceptors (Lipinski definition) is 9. The molecular weight excluding hydrogens is 462 g/mol. The molecule has 2 aliphatic rings. The maximum absolute atomic E-state index is 12.6. The van der Waals surface area contributed by atoms with E-state index in [1.54, 1.807) is 4.68 Å². The van der Waals surface area contributed by atoms with Gasteiger partial charge in [0.05, 0.1) is 18.4 Å². The first-order valence-electron chi connectivity index (χ1n) is 11.8. The van der Waals surface area contributed by atoms with E-state index in [2.05, 4.69) is 20.4 Å². The van der Waals surface area contributed by atoms with Crippen LogP contribution in [-0.2, 0) is 33.7 Å². The van der Waals surface area contributed by atoms with Crippen molar-refractivity contribution >= 4 is 17.8 Å². The molecule has 1 fully saturated rings. The Kier molecular flexibility index (Phi) is 6.72. The molecule has 11 nitrogen and oxygen atoms in total. The highest BCUT2D eigenvalue weighted by Gasteiger charge is 2.34. The summed E-state index contributed by atoms with van der Waals surface area (Å²) < 4.78 is 11.8. The minimum atomic E-state index is -0.453. The first kappa shape index (κ1) is 23.6. The molecule has 1 aromatic heterocycles. The van der Waals surface area contributed by atoms with Gasteiger partial charge in [-0.05, 0) is 46.2 Å². The average Bonchev–Trinajstić information content (AvgIpc) is 3.57. The number of aromatic nitrogens is 4. The van der Waals surface area contributed by atoms with Crippen LogP contribution in [0, 0.1) is 5.41 Å². The number of tetrazole rings is 1. The molecule has 0 amide bonds. The Hall–Kier alpha value is -4.12. The summed E-state index contributed by atoms with van der Waals surface area (Å²) in [6.07, 6.45) is 2.73. The fourth-order valence-electron chi connectivity index (χ4n) is 4.66. The number of methoxy groups -OCH3 is 1. The summed E-state index contributed by atoms with van der Waals surface area (Å²) in [5.41, 5.74) is 4.47. The third kappa shape index (κ3) is 4.96. The lowest BCUT2D eigenvalue weighted by Crippen LogP contribution is -2.58. The molecule has 0 aliphatic carbocycles. The molecule has 3 aromatic rings. The van der Waals surface area contributed by atoms with E-state index in [1.807, 2.05) is 47.4 Å². The van der Waals surface area contributed by atoms with Crippen LogP contribution in [0.5, 0.6) is 0 Å². The number of cyclic esters (lactones) is 1. The van der Waals surface area contributed by atoms with Crippen molar-refractivity contribution < 1.29 is 19.1 Å². The molecule has 11 heteroatoms. The van der Waals surface area contributed by atoms with Crippen LogP contribution in [0.3, 0.4) is 0 Å². The van der Waals surface area contributed by atoms with Gasteiger partial charge in [0.2, 0.25) is 0 Å². The van der Waals surface area contributed by atoms with Crippen molar-refractivity contribution in [3.8, 4) is 5.69 Å². The number of hydrogen-bond donors (Lipinski definition) is 1. The first-order chi connectivity index (χ1) is 17.5. The molecule has 5 rings (SSSR count). The Morgan fingerprint density at radius 3 is 2.72 bits per heavy atom. The van der Waals surface area contributed by atoms with Crippen LogP contribution in [0.2, 0.25) is 0 Å². The molecule has 1 saturated heterocycles. The van der Waals surface area contributed by atoms with Crippen LogP contribution < -0.4 is 0 Å². The summed E-state index contributed by atoms with van der Waals surface area (Å²) >= 11 is 0. The van der Waals surface area contributed by atoms with E-state index >= 15 is 0 Å². The van der Waals surface area contributed by atoms with Crippen molar-refractivity contribution in [2.45, 2.75) is 25.5 Å². The summed E-state index contributed by atoms with van der Waals surface area (Å²) in [4.78, 5) is 28.4. The fraction of sp³-hybridized carbons (Fsp3) is 0.360. The van der Waals surface area contributed by atoms with Gasteiger partial charge in [-0.2, -0.15) is 0 Å². The van der Waals surface area contributed by atoms with Gasteiger partial charge in [0, 0.05) is 38.2 Å². The van der Waals surface area contributed by atoms with Crippen molar-refractivity contribution in [2.24, 2.45) is 0 Å². The topological polar surface area (TPSA) is 127 Å². The van der Waals surface area contributed by atoms with E-state index < -0.39 is 6.04 Å². The number of nitrogens with zero attached hydrogens (tertiary/aromatic N) is 6. The van der Waals surface area contributed by atoms with Crippen molar-refractivity contribution in [1.82, 2.24) is 30.0 Å². The Balaban J connectivity index is 1.19. The Morgan fingerprint density at radius 1 is 1.17 bits per heavy atom. The number of nitrogens with one attached hydrogen (secondary N) is 1. The molecule has 0 radical (unpaired) electrons. The van der Waals surface area contributed by atoms with Crippen molar-refractivity contribution in [3.63, 3.8) is 0 Å². The molecule has 3 heterocycles. The molecule has 1 N–H and O–H groups in total. The largest absolute Gasteiger partial charge is 0.468 e. The third-order valence-electron chi connectivity index (χ3n) is 6.70. The molecule has 36 heavy (non-hydrogen) atoms. The van der Waals surface area contributed by atoms with Crippen LogP contribution in [-0.4, -0.2) is 87.1 Å². The van der Waals surface area contributed by atoms with Gasteiger partial charge in [-0.15, -0.1) is 5.10 Å². The molecule has 0 spiro atoms. The minimum absolute atomic E-state index is 0.274. The molecule has 186 valence electrons. The maximum atomic E-state index is 12.6. The zero-order valence-corrected chi connectivity index (χ0v) is 20.0. The first-order valence-corrected chi connectivity index (χ1v) is 11.8. The van der Waals surface area contributed by atoms with Crippen LogP contribution in [0.25, 0.3) is 5.69 Å². The van der Waals surface area contributed by atoms with E-state index in [0.717, 1.165) is 28.8 Å². The second-order valence-electron chi connectivity index (χ2n) is 8.88. The van der Waals surface area contributed by atoms with E-state index in [4.69, 9.17) is 14.9 Å². The fourth-order valence-corrected chi connectivity index (χ4v) is 4.66. The van der Waals surface area contributed by atoms with Crippen LogP contribution >= 0.6 is 0 Å². The summed E-state index contributed by atoms with van der Waals surface area (Å²) in [6.45, 7) is 2.69. The normalized spacial score (nSPS) is 17.5. The Labute approximate surface area is 208 Å². The molecule has 0 bridgehead atoms. The van der Waals surface area contributed by atoms with Gasteiger partial charge >= 0.3 is 11.9 Å². The number of piperazine rings is 1. The lowest BCUT2D eigenvalue weighted by Gasteiger charge is -2.41. The smallest absolute Gasteiger partial charge is 0.338 e. The van der Waals surface area contributed by atoms with Crippen molar-refractivity contribution in [1.29, 1.82) is 5.41 Å². The number of esters is 2. The predicted octanol–water partition coefficient (Wildman–Crippen LogP) is 1.25. The lowest BCUT2D eigenvalue weighted by atomic mass is 10.0. The predicted molar refractivity (Wildman–Crippen MR) is 129 cm³/mol. The van der Waals surface area contributed by atoms with Gasteiger partial charge in [-0.25, -0.2) is 9.48 Å². The summed E-state index contributed by atoms with van der Waals surface area (Å²) in [7, 11) is 1.40. The van der Waals surface area contributed by atoms with Crippen molar-refractivity contribution in [3.05, 3.63) is 71.0 Å². The molecule has 2 aromatic carbocycles. The Bertz CT molecular complexity index is 1260. The summed E-state index contributed by atoms with van der Waals surface area (Å²) in [6, 6.07) is 13.0. The molecule has 1 unspecified atom stereocenters. The van der Waals surface area contributed by atoms with E-state index in [9.17, 15) is 9.59 Å². The van der Waals surface area contributed by atoms with Crippen LogP contribution in [0.15, 0.2) is 48.8 Å². The van der Waals surface area contributed by atoms with Crippen LogP contribution in [0.1, 0.15) is 27.0 Å². The number of fused-ring (bicyclic) bond motifs is 1. The van der Waals surface area contributed by atoms with Gasteiger partial charge in [0.25, 0.3) is 0 Å². The number of rotatable bonds is 7. The van der Waals surface area contributed by atoms with E-state index in [0.29, 0.717) is 50.6 Å². The van der Waals surface area contributed by atoms with Crippen LogP contribution in [0.4, 0.5) is 0 Å². The highest BCUT2D eigenvalue weighted by Crippen LogP contribution is 2.22. The number of carbonyl (C=O) groups is 2. The monoisotopic (exact) mass is 489 g/mol. The van der Waals surface area contributed by atoms with E-state index in [1.165, 1.54) is 13.4 Å². The van der Waals surface area contributed by atoms with E-state index in [-0.39, 0.29) is 11.9 Å². The average molecular weight is 490 g/mol. The number of ether oxygens (including phenoxy) is 2. The molecule has 2 aliphatic heterocycles. The van der Waals surface area contributed by atoms with Gasteiger partial charge < -0.3 is 14.4 Å². The lowest BCUT2D eigenvalue weighted by molar-refractivity contribution is -0.148. The second-order valence-corrected chi connectivity index (χ2v) is 8.88. The number of benzene rings is 2. The third-order valence-corrected chi connectivity index (χ3v) is 6.70. The van der Waals surface area contributed by atoms with Gasteiger partial charge in [-0.3, -0.25) is 15.1 Å². The minimum Gasteiger partial charge on any atom is -0.468 e. The zero-order chi connectivity index (χ0) is 25.1. The van der Waals surface area contributed by atoms with Crippen molar-refractivity contribution in [2.75, 3.05) is 33.3 Å². The molecule has 1 atom stereocenters. The number of carbonyl (C=O) groups excluding carboxylic acids is 2. The second kappa shape index (κ2) is 10.2. The maximum Gasteiger partial charge on any atom is 0.338 e. The SMILES string of the molecule is COC(=O)C1CN(C(=N)Cc2ccc(-n3cnnn3)cc2)CCN1CCc1ccc2c(c1)COC2=O. The molecular formula is C25H27N7O4. The Morgan fingerprint density at radius 2 is 1.97 bits per heavy atom. The highest BCUT2D eigenvalue weighted by atomic mass is 16.5. The van der Waals surface area contributed by atoms with Gasteiger partial charge in [0.1, 0.15) is 24.8 Å². The number of amidine groups is 1. The molecule has 0 saturated carbocycles. The highest BCUT2D eigenvalue weighted by molar-refractivity contribution is 5.93. The summed E-state index contributed by atoms with van der Waals surface area (Å²) in [5.74, 6) is -0.113.